The molecule has 0 heterocycles. The van der Waals surface area contributed by atoms with Gasteiger partial charge in [0.2, 0.25) is 0 Å². The third kappa shape index (κ3) is 4.87. The zero-order chi connectivity index (χ0) is 16.0. The van der Waals surface area contributed by atoms with Crippen molar-refractivity contribution in [3.8, 4) is 11.8 Å². The maximum absolute atomic E-state index is 13.8. The molecule has 0 aliphatic heterocycles. The predicted octanol–water partition coefficient (Wildman–Crippen LogP) is 2.58. The summed E-state index contributed by atoms with van der Waals surface area (Å²) < 4.78 is 13.8. The van der Waals surface area contributed by atoms with Crippen molar-refractivity contribution in [1.29, 1.82) is 0 Å². The summed E-state index contributed by atoms with van der Waals surface area (Å²) in [7, 11) is 0. The molecule has 0 atom stereocenters. The minimum Gasteiger partial charge on any atom is -0.384 e. The molecular weight excluding hydrogens is 269 g/mol. The summed E-state index contributed by atoms with van der Waals surface area (Å²) in [6.45, 7) is 8.54. The first-order valence-corrected chi connectivity index (χ1v) is 6.95. The minimum absolute atomic E-state index is 0.0270. The predicted molar refractivity (Wildman–Crippen MR) is 81.3 cm³/mol. The van der Waals surface area contributed by atoms with Gasteiger partial charge in [0.15, 0.2) is 0 Å². The van der Waals surface area contributed by atoms with E-state index in [0.29, 0.717) is 12.5 Å². The Morgan fingerprint density at radius 3 is 2.62 bits per heavy atom. The molecule has 0 bridgehead atoms. The quantitative estimate of drug-likeness (QED) is 0.838. The normalized spacial score (nSPS) is 11.0. The van der Waals surface area contributed by atoms with E-state index in [4.69, 9.17) is 5.11 Å². The van der Waals surface area contributed by atoms with Gasteiger partial charge in [0.25, 0.3) is 5.91 Å². The van der Waals surface area contributed by atoms with Crippen molar-refractivity contribution in [3.63, 3.8) is 0 Å². The Kier molecular flexibility index (Phi) is 5.92. The average Bonchev–Trinajstić information content (AvgIpc) is 2.43. The van der Waals surface area contributed by atoms with Crippen molar-refractivity contribution >= 4 is 5.91 Å². The van der Waals surface area contributed by atoms with Gasteiger partial charge in [-0.25, -0.2) is 4.39 Å². The fourth-order valence-electron chi connectivity index (χ4n) is 1.51. The second-order valence-corrected chi connectivity index (χ2v) is 5.98. The number of halogens is 1. The van der Waals surface area contributed by atoms with Crippen molar-refractivity contribution in [1.82, 2.24) is 5.32 Å². The highest BCUT2D eigenvalue weighted by atomic mass is 19.1. The monoisotopic (exact) mass is 291 g/mol. The summed E-state index contributed by atoms with van der Waals surface area (Å²) in [5.41, 5.74) is 0.408. The Morgan fingerprint density at radius 2 is 2.10 bits per heavy atom. The topological polar surface area (TPSA) is 49.3 Å². The van der Waals surface area contributed by atoms with Crippen LogP contribution in [-0.2, 0) is 0 Å². The third-order valence-corrected chi connectivity index (χ3v) is 3.80. The van der Waals surface area contributed by atoms with E-state index >= 15 is 0 Å². The van der Waals surface area contributed by atoms with Crippen LogP contribution in [0, 0.1) is 29.0 Å². The SMILES string of the molecule is CC(C)C(C)(C)CNC(=O)c1ccc(C#CCO)c(F)c1. The number of nitrogens with one attached hydrogen (secondary N) is 1. The van der Waals surface area contributed by atoms with Crippen LogP contribution in [0.2, 0.25) is 0 Å². The van der Waals surface area contributed by atoms with E-state index in [1.165, 1.54) is 18.2 Å². The lowest BCUT2D eigenvalue weighted by Crippen LogP contribution is -2.37. The number of rotatable bonds is 4. The van der Waals surface area contributed by atoms with Crippen LogP contribution in [0.1, 0.15) is 43.6 Å². The van der Waals surface area contributed by atoms with E-state index < -0.39 is 5.82 Å². The standard InChI is InChI=1S/C17H22FNO2/c1-12(2)17(3,4)11-19-16(21)14-8-7-13(6-5-9-20)15(18)10-14/h7-8,10,12,20H,9,11H2,1-4H3,(H,19,21). The molecule has 3 nitrogen and oxygen atoms in total. The van der Waals surface area contributed by atoms with E-state index in [1.807, 2.05) is 0 Å². The van der Waals surface area contributed by atoms with Gasteiger partial charge < -0.3 is 10.4 Å². The molecule has 1 aromatic carbocycles. The van der Waals surface area contributed by atoms with Gasteiger partial charge in [0.05, 0.1) is 5.56 Å². The molecule has 0 saturated carbocycles. The molecule has 0 radical (unpaired) electrons. The Labute approximate surface area is 125 Å². The summed E-state index contributed by atoms with van der Waals surface area (Å²) in [4.78, 5) is 12.0. The molecule has 2 N–H and O–H groups in total. The van der Waals surface area contributed by atoms with Crippen molar-refractivity contribution < 1.29 is 14.3 Å². The molecule has 1 amide bonds. The molecule has 0 aliphatic carbocycles. The highest BCUT2D eigenvalue weighted by molar-refractivity contribution is 5.94. The fraction of sp³-hybridized carbons (Fsp3) is 0.471. The molecule has 21 heavy (non-hydrogen) atoms. The van der Waals surface area contributed by atoms with Crippen LogP contribution in [0.3, 0.4) is 0 Å². The number of hydrogen-bond acceptors (Lipinski definition) is 2. The second-order valence-electron chi connectivity index (χ2n) is 5.98. The van der Waals surface area contributed by atoms with Gasteiger partial charge in [0, 0.05) is 12.1 Å². The van der Waals surface area contributed by atoms with E-state index in [-0.39, 0.29) is 29.1 Å². The minimum atomic E-state index is -0.563. The summed E-state index contributed by atoms with van der Waals surface area (Å²) >= 11 is 0. The molecule has 0 fully saturated rings. The lowest BCUT2D eigenvalue weighted by atomic mass is 9.81. The largest absolute Gasteiger partial charge is 0.384 e. The van der Waals surface area contributed by atoms with Crippen LogP contribution in [0.5, 0.6) is 0 Å². The number of aliphatic hydroxyl groups is 1. The second kappa shape index (κ2) is 7.24. The van der Waals surface area contributed by atoms with E-state index in [0.717, 1.165) is 0 Å². The van der Waals surface area contributed by atoms with Gasteiger partial charge in [-0.05, 0) is 29.5 Å². The summed E-state index contributed by atoms with van der Waals surface area (Å²) in [6, 6.07) is 4.14. The molecule has 0 unspecified atom stereocenters. The summed E-state index contributed by atoms with van der Waals surface area (Å²) in [5, 5.41) is 11.4. The van der Waals surface area contributed by atoms with Gasteiger partial charge in [-0.1, -0.05) is 39.5 Å². The molecular formula is C17H22FNO2. The number of carbonyl (C=O) groups is 1. The first-order chi connectivity index (χ1) is 9.77. The number of hydrogen-bond donors (Lipinski definition) is 2. The van der Waals surface area contributed by atoms with Gasteiger partial charge >= 0.3 is 0 Å². The number of aliphatic hydroxyl groups excluding tert-OH is 1. The van der Waals surface area contributed by atoms with Gasteiger partial charge in [-0.2, -0.15) is 0 Å². The maximum atomic E-state index is 13.8. The van der Waals surface area contributed by atoms with Crippen LogP contribution in [0.25, 0.3) is 0 Å². The molecule has 0 spiro atoms. The smallest absolute Gasteiger partial charge is 0.251 e. The van der Waals surface area contributed by atoms with E-state index in [1.54, 1.807) is 0 Å². The number of amides is 1. The molecule has 114 valence electrons. The van der Waals surface area contributed by atoms with Crippen molar-refractivity contribution in [2.75, 3.05) is 13.2 Å². The zero-order valence-electron chi connectivity index (χ0n) is 13.0. The molecule has 1 rings (SSSR count). The fourth-order valence-corrected chi connectivity index (χ4v) is 1.51. The molecule has 0 saturated heterocycles. The average molecular weight is 291 g/mol. The van der Waals surface area contributed by atoms with Crippen molar-refractivity contribution in [2.24, 2.45) is 11.3 Å². The maximum Gasteiger partial charge on any atom is 0.251 e. The van der Waals surface area contributed by atoms with Gasteiger partial charge in [0.1, 0.15) is 12.4 Å². The van der Waals surface area contributed by atoms with E-state index in [9.17, 15) is 9.18 Å². The molecule has 0 aliphatic rings. The Morgan fingerprint density at radius 1 is 1.43 bits per heavy atom. The first-order valence-electron chi connectivity index (χ1n) is 6.95. The number of carbonyl (C=O) groups excluding carboxylic acids is 1. The lowest BCUT2D eigenvalue weighted by Gasteiger charge is -2.29. The third-order valence-electron chi connectivity index (χ3n) is 3.80. The lowest BCUT2D eigenvalue weighted by molar-refractivity contribution is 0.0924. The van der Waals surface area contributed by atoms with Crippen LogP contribution in [0.15, 0.2) is 18.2 Å². The molecule has 1 aromatic rings. The van der Waals surface area contributed by atoms with Gasteiger partial charge in [-0.15, -0.1) is 0 Å². The molecule has 0 aromatic heterocycles. The zero-order valence-corrected chi connectivity index (χ0v) is 13.0. The molecule has 4 heteroatoms. The van der Waals surface area contributed by atoms with E-state index in [2.05, 4.69) is 44.9 Å². The highest BCUT2D eigenvalue weighted by Gasteiger charge is 2.23. The van der Waals surface area contributed by atoms with Gasteiger partial charge in [-0.3, -0.25) is 4.79 Å². The van der Waals surface area contributed by atoms with Crippen LogP contribution >= 0.6 is 0 Å². The Bertz CT molecular complexity index is 568. The van der Waals surface area contributed by atoms with Crippen molar-refractivity contribution in [2.45, 2.75) is 27.7 Å². The Balaban J connectivity index is 2.78. The van der Waals surface area contributed by atoms with Crippen LogP contribution < -0.4 is 5.32 Å². The number of benzene rings is 1. The highest BCUT2D eigenvalue weighted by Crippen LogP contribution is 2.24. The van der Waals surface area contributed by atoms with Crippen LogP contribution in [-0.4, -0.2) is 24.2 Å². The summed E-state index contributed by atoms with van der Waals surface area (Å²) in [5.74, 6) is 4.43. The van der Waals surface area contributed by atoms with Crippen molar-refractivity contribution in [3.05, 3.63) is 35.1 Å². The van der Waals surface area contributed by atoms with Crippen LogP contribution in [0.4, 0.5) is 4.39 Å². The summed E-state index contributed by atoms with van der Waals surface area (Å²) in [6.07, 6.45) is 0. The first kappa shape index (κ1) is 17.2. The Hall–Kier alpha value is -1.86.